The Labute approximate surface area is 282 Å². The molecule has 4 N–H and O–H groups in total. The Morgan fingerprint density at radius 2 is 0.792 bits per heavy atom. The lowest BCUT2D eigenvalue weighted by atomic mass is 9.76. The summed E-state index contributed by atoms with van der Waals surface area (Å²) in [4.78, 5) is 0. The second-order valence-corrected chi connectivity index (χ2v) is 14.4. The van der Waals surface area contributed by atoms with Crippen molar-refractivity contribution < 1.29 is 22.8 Å². The van der Waals surface area contributed by atoms with Crippen LogP contribution in [0.5, 0.6) is 34.5 Å². The summed E-state index contributed by atoms with van der Waals surface area (Å²) in [5.74, 6) is 4.01. The zero-order chi connectivity index (χ0) is 33.1. The Kier molecular flexibility index (Phi) is 8.82. The second-order valence-electron chi connectivity index (χ2n) is 11.7. The van der Waals surface area contributed by atoms with Crippen molar-refractivity contribution in [2.75, 3.05) is 11.5 Å². The van der Waals surface area contributed by atoms with E-state index in [0.717, 1.165) is 21.7 Å². The maximum atomic E-state index is 7.00. The number of ether oxygens (including phenoxy) is 1. The van der Waals surface area contributed by atoms with Gasteiger partial charge in [-0.3, -0.25) is 0 Å². The smallest absolute Gasteiger partial charge is 0.330 e. The molecule has 9 heteroatoms. The fraction of sp³-hybridized carbons (Fsp3) is 0.0769. The molecule has 2 unspecified atom stereocenters. The van der Waals surface area contributed by atoms with E-state index in [9.17, 15) is 0 Å². The van der Waals surface area contributed by atoms with Gasteiger partial charge in [-0.15, -0.1) is 0 Å². The summed E-state index contributed by atoms with van der Waals surface area (Å²) in [5, 5.41) is 1.59. The van der Waals surface area contributed by atoms with E-state index in [4.69, 9.17) is 34.3 Å². The third-order valence-electron chi connectivity index (χ3n) is 7.93. The summed E-state index contributed by atoms with van der Waals surface area (Å²) in [6.45, 7) is 4.39. The lowest BCUT2D eigenvalue weighted by Gasteiger charge is -2.37. The van der Waals surface area contributed by atoms with Gasteiger partial charge < -0.3 is 34.3 Å². The quantitative estimate of drug-likeness (QED) is 0.111. The third-order valence-corrected chi connectivity index (χ3v) is 10.9. The molecular weight excluding hydrogens is 638 g/mol. The molecule has 7 nitrogen and oxygen atoms in total. The molecular formula is C39H34N2O5P2. The molecule has 240 valence electrons. The fourth-order valence-corrected chi connectivity index (χ4v) is 8.22. The lowest BCUT2D eigenvalue weighted by Crippen LogP contribution is -2.30. The predicted molar refractivity (Wildman–Crippen MR) is 195 cm³/mol. The predicted octanol–water partition coefficient (Wildman–Crippen LogP) is 9.47. The molecule has 1 aliphatic heterocycles. The molecule has 2 atom stereocenters. The van der Waals surface area contributed by atoms with Crippen molar-refractivity contribution in [1.82, 2.24) is 0 Å². The van der Waals surface area contributed by atoms with Crippen molar-refractivity contribution >= 4 is 38.7 Å². The first-order valence-corrected chi connectivity index (χ1v) is 17.8. The Hall–Kier alpha value is -5.22. The van der Waals surface area contributed by atoms with E-state index in [1.807, 2.05) is 133 Å². The van der Waals surface area contributed by atoms with Gasteiger partial charge in [0.2, 0.25) is 0 Å². The molecule has 7 rings (SSSR count). The molecule has 0 aromatic heterocycles. The van der Waals surface area contributed by atoms with Crippen LogP contribution < -0.4 is 44.9 Å². The van der Waals surface area contributed by atoms with E-state index in [1.165, 1.54) is 0 Å². The zero-order valence-corrected chi connectivity index (χ0v) is 28.2. The van der Waals surface area contributed by atoms with Gasteiger partial charge in [0, 0.05) is 27.9 Å². The first-order chi connectivity index (χ1) is 23.3. The van der Waals surface area contributed by atoms with Crippen molar-refractivity contribution in [3.05, 3.63) is 157 Å². The van der Waals surface area contributed by atoms with E-state index in [0.29, 0.717) is 45.9 Å². The van der Waals surface area contributed by atoms with Gasteiger partial charge in [-0.25, -0.2) is 0 Å². The number of rotatable bonds is 10. The van der Waals surface area contributed by atoms with E-state index in [1.54, 1.807) is 0 Å². The molecule has 0 amide bonds. The standard InChI is InChI=1S/C39H34N2O5P2/c1-39(2)33-15-9-17-35(47(43-29-11-5-3-6-12-29)45-31-23-19-27(40)20-24-31)37(33)42-38-34(39)16-10-18-36(38)48(44-30-13-7-4-8-14-30)46-32-25-21-28(41)22-26-32/h3-26H,40-41H2,1-2H3. The van der Waals surface area contributed by atoms with Crippen LogP contribution >= 0.6 is 16.8 Å². The third kappa shape index (κ3) is 6.61. The van der Waals surface area contributed by atoms with Crippen LogP contribution in [0.15, 0.2) is 146 Å². The Morgan fingerprint density at radius 1 is 0.438 bits per heavy atom. The summed E-state index contributed by atoms with van der Waals surface area (Å²) in [7, 11) is -3.41. The first kappa shape index (κ1) is 31.4. The summed E-state index contributed by atoms with van der Waals surface area (Å²) in [5.41, 5.74) is 14.8. The maximum absolute atomic E-state index is 7.00. The molecule has 6 aromatic rings. The molecule has 0 radical (unpaired) electrons. The van der Waals surface area contributed by atoms with E-state index in [-0.39, 0.29) is 0 Å². The second kappa shape index (κ2) is 13.5. The van der Waals surface area contributed by atoms with Gasteiger partial charge in [-0.05, 0) is 84.9 Å². The van der Waals surface area contributed by atoms with E-state index < -0.39 is 22.2 Å². The zero-order valence-electron chi connectivity index (χ0n) is 26.4. The van der Waals surface area contributed by atoms with Crippen molar-refractivity contribution in [3.63, 3.8) is 0 Å². The minimum absolute atomic E-state index is 0.446. The minimum atomic E-state index is -1.71. The van der Waals surface area contributed by atoms with Crippen LogP contribution in [-0.4, -0.2) is 0 Å². The van der Waals surface area contributed by atoms with Gasteiger partial charge in [0.15, 0.2) is 0 Å². The van der Waals surface area contributed by atoms with Crippen LogP contribution in [0.1, 0.15) is 25.0 Å². The molecule has 0 saturated carbocycles. The summed E-state index contributed by atoms with van der Waals surface area (Å²) >= 11 is 0. The van der Waals surface area contributed by atoms with Crippen LogP contribution in [0.3, 0.4) is 0 Å². The largest absolute Gasteiger partial charge is 0.455 e. The fourth-order valence-electron chi connectivity index (χ4n) is 5.42. The monoisotopic (exact) mass is 672 g/mol. The maximum Gasteiger partial charge on any atom is 0.330 e. The minimum Gasteiger partial charge on any atom is -0.455 e. The highest BCUT2D eigenvalue weighted by molar-refractivity contribution is 7.57. The number of nitrogens with two attached hydrogens (primary N) is 2. The molecule has 1 aliphatic rings. The normalized spacial score (nSPS) is 14.0. The van der Waals surface area contributed by atoms with Crippen molar-refractivity contribution in [3.8, 4) is 34.5 Å². The number of nitrogen functional groups attached to an aromatic ring is 2. The van der Waals surface area contributed by atoms with Crippen LogP contribution in [-0.2, 0) is 5.41 Å². The van der Waals surface area contributed by atoms with Crippen LogP contribution in [0, 0.1) is 0 Å². The first-order valence-electron chi connectivity index (χ1n) is 15.4. The van der Waals surface area contributed by atoms with Crippen molar-refractivity contribution in [2.24, 2.45) is 0 Å². The van der Waals surface area contributed by atoms with E-state index in [2.05, 4.69) is 26.0 Å². The molecule has 6 aromatic carbocycles. The van der Waals surface area contributed by atoms with Gasteiger partial charge in [0.05, 0.1) is 10.6 Å². The van der Waals surface area contributed by atoms with Crippen LogP contribution in [0.2, 0.25) is 0 Å². The van der Waals surface area contributed by atoms with Crippen molar-refractivity contribution in [1.29, 1.82) is 0 Å². The van der Waals surface area contributed by atoms with Crippen LogP contribution in [0.4, 0.5) is 11.4 Å². The molecule has 0 aliphatic carbocycles. The number of anilines is 2. The van der Waals surface area contributed by atoms with E-state index >= 15 is 0 Å². The highest BCUT2D eigenvalue weighted by Crippen LogP contribution is 2.53. The Morgan fingerprint density at radius 3 is 1.17 bits per heavy atom. The molecule has 1 heterocycles. The Balaban J connectivity index is 1.33. The SMILES string of the molecule is CC1(C)c2cccc(P(Oc3ccccc3)Oc3ccc(N)cc3)c2Oc2c(P(Oc3ccccc3)Oc3ccc(N)cc3)cccc21. The molecule has 0 spiro atoms. The lowest BCUT2D eigenvalue weighted by molar-refractivity contribution is 0.420. The topological polar surface area (TPSA) is 98.2 Å². The van der Waals surface area contributed by atoms with Gasteiger partial charge >= 0.3 is 16.8 Å². The van der Waals surface area contributed by atoms with Crippen LogP contribution in [0.25, 0.3) is 0 Å². The van der Waals surface area contributed by atoms with Crippen molar-refractivity contribution in [2.45, 2.75) is 19.3 Å². The van der Waals surface area contributed by atoms with Gasteiger partial charge in [0.25, 0.3) is 0 Å². The average Bonchev–Trinajstić information content (AvgIpc) is 3.10. The summed E-state index contributed by atoms with van der Waals surface area (Å²) < 4.78 is 33.3. The molecule has 0 bridgehead atoms. The number of hydrogen-bond donors (Lipinski definition) is 2. The molecule has 0 saturated heterocycles. The number of para-hydroxylation sites is 4. The highest BCUT2D eigenvalue weighted by Gasteiger charge is 2.40. The molecule has 48 heavy (non-hydrogen) atoms. The molecule has 0 fully saturated rings. The summed E-state index contributed by atoms with van der Waals surface area (Å²) in [6, 6.07) is 46.2. The highest BCUT2D eigenvalue weighted by atomic mass is 31.2. The van der Waals surface area contributed by atoms with Gasteiger partial charge in [0.1, 0.15) is 34.5 Å². The number of benzene rings is 6. The number of fused-ring (bicyclic) bond motifs is 2. The Bertz CT molecular complexity index is 1860. The van der Waals surface area contributed by atoms with Gasteiger partial charge in [-0.2, -0.15) is 0 Å². The summed E-state index contributed by atoms with van der Waals surface area (Å²) in [6.07, 6.45) is 0. The number of hydrogen-bond acceptors (Lipinski definition) is 7. The van der Waals surface area contributed by atoms with Gasteiger partial charge in [-0.1, -0.05) is 74.5 Å². The average molecular weight is 673 g/mol.